The Balaban J connectivity index is 1.41. The highest BCUT2D eigenvalue weighted by Gasteiger charge is 2.14. The maximum absolute atomic E-state index is 13.0. The van der Waals surface area contributed by atoms with Crippen molar-refractivity contribution in [2.24, 2.45) is 0 Å². The average Bonchev–Trinajstić information content (AvgIpc) is 2.65. The van der Waals surface area contributed by atoms with Gasteiger partial charge in [0.1, 0.15) is 5.82 Å². The molecule has 1 fully saturated rings. The summed E-state index contributed by atoms with van der Waals surface area (Å²) in [6.07, 6.45) is 6.95. The maximum atomic E-state index is 13.0. The van der Waals surface area contributed by atoms with Crippen LogP contribution < -0.4 is 5.56 Å². The Morgan fingerprint density at radius 1 is 1.12 bits per heavy atom. The van der Waals surface area contributed by atoms with E-state index in [9.17, 15) is 14.0 Å². The van der Waals surface area contributed by atoms with E-state index in [1.54, 1.807) is 18.2 Å². The fraction of sp³-hybridized carbons (Fsp3) is 0.333. The Bertz CT molecular complexity index is 809. The lowest BCUT2D eigenvalue weighted by Crippen LogP contribution is -2.31. The van der Waals surface area contributed by atoms with Crippen LogP contribution in [0.15, 0.2) is 53.0 Å². The third kappa shape index (κ3) is 5.23. The van der Waals surface area contributed by atoms with E-state index in [0.717, 1.165) is 44.5 Å². The van der Waals surface area contributed by atoms with E-state index in [1.165, 1.54) is 30.0 Å². The number of aromatic amines is 1. The number of halogens is 1. The molecule has 2 aromatic rings. The summed E-state index contributed by atoms with van der Waals surface area (Å²) in [6, 6.07) is 9.54. The number of carbonyl (C=O) groups excluding carboxylic acids is 1. The zero-order valence-corrected chi connectivity index (χ0v) is 14.7. The molecule has 0 spiro atoms. The molecule has 1 N–H and O–H groups in total. The topological polar surface area (TPSA) is 53.2 Å². The molecule has 1 aromatic heterocycles. The summed E-state index contributed by atoms with van der Waals surface area (Å²) >= 11 is 0. The van der Waals surface area contributed by atoms with E-state index in [0.29, 0.717) is 12.0 Å². The molecule has 1 saturated heterocycles. The molecule has 3 rings (SSSR count). The molecule has 1 aliphatic rings. The van der Waals surface area contributed by atoms with Crippen LogP contribution >= 0.6 is 0 Å². The Labute approximate surface area is 152 Å². The molecule has 26 heavy (non-hydrogen) atoms. The molecular weight excluding hydrogens is 331 g/mol. The molecule has 1 aliphatic heterocycles. The number of nitrogens with zero attached hydrogens (tertiary/aromatic N) is 1. The molecule has 0 atom stereocenters. The van der Waals surface area contributed by atoms with Crippen LogP contribution in [0.1, 0.15) is 41.6 Å². The van der Waals surface area contributed by atoms with Gasteiger partial charge in [-0.15, -0.1) is 0 Å². The number of H-pyrrole nitrogens is 1. The van der Waals surface area contributed by atoms with Gasteiger partial charge in [0, 0.05) is 37.3 Å². The number of rotatable bonds is 6. The number of carbonyl (C=O) groups is 1. The molecule has 136 valence electrons. The lowest BCUT2D eigenvalue weighted by Gasteiger charge is -2.28. The predicted octanol–water partition coefficient (Wildman–Crippen LogP) is 3.66. The third-order valence-corrected chi connectivity index (χ3v) is 4.72. The van der Waals surface area contributed by atoms with Crippen molar-refractivity contribution in [3.05, 3.63) is 75.5 Å². The first-order chi connectivity index (χ1) is 12.6. The first kappa shape index (κ1) is 18.3. The van der Waals surface area contributed by atoms with Crippen LogP contribution in [0.2, 0.25) is 0 Å². The minimum absolute atomic E-state index is 0.0650. The van der Waals surface area contributed by atoms with Gasteiger partial charge >= 0.3 is 0 Å². The van der Waals surface area contributed by atoms with Crippen molar-refractivity contribution in [2.45, 2.75) is 25.7 Å². The molecule has 0 amide bonds. The van der Waals surface area contributed by atoms with Gasteiger partial charge in [0.25, 0.3) is 0 Å². The Kier molecular flexibility index (Phi) is 6.12. The zero-order valence-electron chi connectivity index (χ0n) is 14.7. The summed E-state index contributed by atoms with van der Waals surface area (Å²) in [6.45, 7) is 2.87. The molecule has 0 unspecified atom stereocenters. The van der Waals surface area contributed by atoms with E-state index in [2.05, 4.69) is 16.0 Å². The molecule has 0 saturated carbocycles. The van der Waals surface area contributed by atoms with Gasteiger partial charge in [-0.1, -0.05) is 23.8 Å². The second kappa shape index (κ2) is 8.72. The van der Waals surface area contributed by atoms with Gasteiger partial charge in [-0.2, -0.15) is 0 Å². The number of benzene rings is 1. The molecule has 5 heteroatoms. The number of hydrogen-bond acceptors (Lipinski definition) is 3. The van der Waals surface area contributed by atoms with Gasteiger partial charge < -0.3 is 9.88 Å². The summed E-state index contributed by atoms with van der Waals surface area (Å²) in [5.41, 5.74) is 2.80. The van der Waals surface area contributed by atoms with E-state index in [-0.39, 0.29) is 17.2 Å². The van der Waals surface area contributed by atoms with Crippen molar-refractivity contribution >= 4 is 11.9 Å². The second-order valence-electron chi connectivity index (χ2n) is 6.66. The number of ketones is 1. The fourth-order valence-corrected chi connectivity index (χ4v) is 3.19. The maximum Gasteiger partial charge on any atom is 0.247 e. The average molecular weight is 354 g/mol. The Morgan fingerprint density at radius 2 is 1.85 bits per heavy atom. The third-order valence-electron chi connectivity index (χ3n) is 4.72. The summed E-state index contributed by atoms with van der Waals surface area (Å²) in [7, 11) is 0. The number of likely N-dealkylation sites (tertiary alicyclic amines) is 1. The van der Waals surface area contributed by atoms with Crippen LogP contribution in [0.4, 0.5) is 4.39 Å². The summed E-state index contributed by atoms with van der Waals surface area (Å²) in [5.74, 6) is -0.145. The zero-order chi connectivity index (χ0) is 18.4. The number of piperidine rings is 1. The van der Waals surface area contributed by atoms with Gasteiger partial charge in [-0.05, 0) is 49.6 Å². The van der Waals surface area contributed by atoms with Crippen LogP contribution in [0.25, 0.3) is 6.08 Å². The van der Waals surface area contributed by atoms with Crippen LogP contribution in [0, 0.1) is 5.82 Å². The summed E-state index contributed by atoms with van der Waals surface area (Å²) in [4.78, 5) is 28.0. The van der Waals surface area contributed by atoms with Gasteiger partial charge in [0.05, 0.1) is 0 Å². The lowest BCUT2D eigenvalue weighted by atomic mass is 10.0. The van der Waals surface area contributed by atoms with Gasteiger partial charge in [0.15, 0.2) is 5.78 Å². The van der Waals surface area contributed by atoms with Crippen molar-refractivity contribution in [3.63, 3.8) is 0 Å². The number of aromatic nitrogens is 1. The fourth-order valence-electron chi connectivity index (χ4n) is 3.19. The lowest BCUT2D eigenvalue weighted by molar-refractivity contribution is 0.0973. The van der Waals surface area contributed by atoms with Crippen molar-refractivity contribution in [2.75, 3.05) is 19.6 Å². The van der Waals surface area contributed by atoms with Crippen molar-refractivity contribution < 1.29 is 9.18 Å². The SMILES string of the molecule is O=C(CCCN1CCC(=Cc2ccc(F)cc2)CC1)c1ccc(=O)[nH]c1. The monoisotopic (exact) mass is 354 g/mol. The van der Waals surface area contributed by atoms with Gasteiger partial charge in [-0.3, -0.25) is 9.59 Å². The van der Waals surface area contributed by atoms with Crippen molar-refractivity contribution in [1.29, 1.82) is 0 Å². The molecule has 0 bridgehead atoms. The first-order valence-electron chi connectivity index (χ1n) is 8.99. The highest BCUT2D eigenvalue weighted by Crippen LogP contribution is 2.20. The standard InChI is InChI=1S/C21H23FN2O2/c22-19-6-3-16(4-7-19)14-17-9-12-24(13-10-17)11-1-2-20(25)18-5-8-21(26)23-15-18/h3-8,14-15H,1-2,9-13H2,(H,23,26). The minimum Gasteiger partial charge on any atom is -0.328 e. The van der Waals surface area contributed by atoms with Crippen LogP contribution in [-0.2, 0) is 0 Å². The second-order valence-corrected chi connectivity index (χ2v) is 6.66. The summed E-state index contributed by atoms with van der Waals surface area (Å²) in [5, 5.41) is 0. The molecule has 4 nitrogen and oxygen atoms in total. The minimum atomic E-state index is -0.210. The molecule has 2 heterocycles. The number of nitrogens with one attached hydrogen (secondary N) is 1. The largest absolute Gasteiger partial charge is 0.328 e. The van der Waals surface area contributed by atoms with Crippen LogP contribution in [0.5, 0.6) is 0 Å². The van der Waals surface area contributed by atoms with Gasteiger partial charge in [0.2, 0.25) is 5.56 Å². The normalized spacial score (nSPS) is 15.0. The Hall–Kier alpha value is -2.53. The smallest absolute Gasteiger partial charge is 0.247 e. The van der Waals surface area contributed by atoms with E-state index < -0.39 is 0 Å². The quantitative estimate of drug-likeness (QED) is 0.806. The van der Waals surface area contributed by atoms with Crippen LogP contribution in [-0.4, -0.2) is 35.3 Å². The van der Waals surface area contributed by atoms with Crippen molar-refractivity contribution in [3.8, 4) is 0 Å². The number of Topliss-reactive ketones (excluding diaryl/α,β-unsaturated/α-hetero) is 1. The van der Waals surface area contributed by atoms with Crippen molar-refractivity contribution in [1.82, 2.24) is 9.88 Å². The number of hydrogen-bond donors (Lipinski definition) is 1. The molecule has 0 radical (unpaired) electrons. The summed E-state index contributed by atoms with van der Waals surface area (Å²) < 4.78 is 13.0. The first-order valence-corrected chi connectivity index (χ1v) is 8.99. The molecule has 0 aliphatic carbocycles. The van der Waals surface area contributed by atoms with E-state index >= 15 is 0 Å². The highest BCUT2D eigenvalue weighted by atomic mass is 19.1. The molecule has 1 aromatic carbocycles. The number of pyridine rings is 1. The van der Waals surface area contributed by atoms with Crippen LogP contribution in [0.3, 0.4) is 0 Å². The van der Waals surface area contributed by atoms with E-state index in [4.69, 9.17) is 0 Å². The van der Waals surface area contributed by atoms with E-state index in [1.807, 2.05) is 0 Å². The molecular formula is C21H23FN2O2. The van der Waals surface area contributed by atoms with Gasteiger partial charge in [-0.25, -0.2) is 4.39 Å². The Morgan fingerprint density at radius 3 is 2.50 bits per heavy atom. The predicted molar refractivity (Wildman–Crippen MR) is 101 cm³/mol. The highest BCUT2D eigenvalue weighted by molar-refractivity contribution is 5.95.